The predicted octanol–water partition coefficient (Wildman–Crippen LogP) is 6.27. The van der Waals surface area contributed by atoms with Crippen molar-refractivity contribution in [1.82, 2.24) is 0 Å². The molecule has 1 saturated heterocycles. The van der Waals surface area contributed by atoms with Crippen LogP contribution in [-0.2, 0) is 4.79 Å². The maximum atomic E-state index is 13.1. The molecule has 1 N–H and O–H groups in total. The first-order chi connectivity index (χ1) is 16.4. The molecule has 0 radical (unpaired) electrons. The van der Waals surface area contributed by atoms with Crippen molar-refractivity contribution in [1.29, 1.82) is 0 Å². The number of carbonyl (C=O) groups is 2. The summed E-state index contributed by atoms with van der Waals surface area (Å²) in [5.41, 5.74) is 2.18. The number of thiocarbonyl (C=S) groups is 1. The van der Waals surface area contributed by atoms with Gasteiger partial charge in [0.25, 0.3) is 11.8 Å². The Bertz CT molecular complexity index is 1260. The highest BCUT2D eigenvalue weighted by Crippen LogP contribution is 2.36. The third-order valence-electron chi connectivity index (χ3n) is 4.91. The first kappa shape index (κ1) is 23.7. The van der Waals surface area contributed by atoms with Crippen molar-refractivity contribution >= 4 is 57.6 Å². The molecular formula is C26H21FN2O3S2. The van der Waals surface area contributed by atoms with Gasteiger partial charge >= 0.3 is 0 Å². The number of ether oxygens (including phenoxy) is 1. The summed E-state index contributed by atoms with van der Waals surface area (Å²) in [7, 11) is 0. The summed E-state index contributed by atoms with van der Waals surface area (Å²) in [6, 6.07) is 19.7. The highest BCUT2D eigenvalue weighted by Gasteiger charge is 2.33. The fourth-order valence-electron chi connectivity index (χ4n) is 3.24. The van der Waals surface area contributed by atoms with Crippen LogP contribution in [0.25, 0.3) is 6.08 Å². The van der Waals surface area contributed by atoms with Crippen molar-refractivity contribution in [3.8, 4) is 5.75 Å². The summed E-state index contributed by atoms with van der Waals surface area (Å²) in [5, 5.41) is 2.72. The van der Waals surface area contributed by atoms with Crippen LogP contribution in [0.3, 0.4) is 0 Å². The molecule has 1 fully saturated rings. The molecule has 1 aliphatic heterocycles. The number of hydrogen-bond donors (Lipinski definition) is 1. The third kappa shape index (κ3) is 5.52. The van der Waals surface area contributed by atoms with Gasteiger partial charge in [0.05, 0.1) is 17.2 Å². The van der Waals surface area contributed by atoms with Gasteiger partial charge in [-0.1, -0.05) is 49.1 Å². The Labute approximate surface area is 206 Å². The van der Waals surface area contributed by atoms with Crippen molar-refractivity contribution in [3.05, 3.63) is 94.6 Å². The summed E-state index contributed by atoms with van der Waals surface area (Å²) >= 11 is 6.67. The van der Waals surface area contributed by atoms with E-state index in [4.69, 9.17) is 17.0 Å². The Kier molecular flexibility index (Phi) is 7.40. The first-order valence-electron chi connectivity index (χ1n) is 10.6. The Morgan fingerprint density at radius 3 is 2.56 bits per heavy atom. The smallest absolute Gasteiger partial charge is 0.270 e. The standard InChI is InChI=1S/C26H21FN2O3S2/c1-2-14-32-22-12-6-17(7-13-22)15-23-25(31)29(26(33)34-23)21-5-3-4-18(16-21)24(30)28-20-10-8-19(27)9-11-20/h3-13,15-16H,2,14H2,1H3,(H,28,30)/b23-15+. The quantitative estimate of drug-likeness (QED) is 0.311. The molecule has 1 heterocycles. The second kappa shape index (κ2) is 10.6. The maximum Gasteiger partial charge on any atom is 0.270 e. The molecule has 0 aromatic heterocycles. The molecule has 0 atom stereocenters. The number of carbonyl (C=O) groups excluding carboxylic acids is 2. The number of halogens is 1. The molecule has 34 heavy (non-hydrogen) atoms. The van der Waals surface area contributed by atoms with Crippen molar-refractivity contribution in [2.75, 3.05) is 16.8 Å². The molecule has 0 bridgehead atoms. The second-order valence-electron chi connectivity index (χ2n) is 7.45. The average molecular weight is 493 g/mol. The van der Waals surface area contributed by atoms with E-state index in [1.165, 1.54) is 40.9 Å². The van der Waals surface area contributed by atoms with E-state index in [1.807, 2.05) is 31.2 Å². The average Bonchev–Trinajstić information content (AvgIpc) is 3.12. The van der Waals surface area contributed by atoms with Crippen molar-refractivity contribution in [2.24, 2.45) is 0 Å². The van der Waals surface area contributed by atoms with Crippen LogP contribution in [0.1, 0.15) is 29.3 Å². The summed E-state index contributed by atoms with van der Waals surface area (Å²) in [6.07, 6.45) is 2.72. The molecular weight excluding hydrogens is 471 g/mol. The fourth-order valence-corrected chi connectivity index (χ4v) is 4.54. The van der Waals surface area contributed by atoms with Gasteiger partial charge in [-0.2, -0.15) is 0 Å². The zero-order valence-corrected chi connectivity index (χ0v) is 19.9. The molecule has 3 aromatic carbocycles. The van der Waals surface area contributed by atoms with Gasteiger partial charge in [0.15, 0.2) is 4.32 Å². The lowest BCUT2D eigenvalue weighted by atomic mass is 10.1. The van der Waals surface area contributed by atoms with E-state index in [2.05, 4.69) is 5.32 Å². The minimum absolute atomic E-state index is 0.252. The number of nitrogens with zero attached hydrogens (tertiary/aromatic N) is 1. The van der Waals surface area contributed by atoms with Crippen LogP contribution >= 0.6 is 24.0 Å². The number of anilines is 2. The number of hydrogen-bond acceptors (Lipinski definition) is 5. The van der Waals surface area contributed by atoms with Crippen LogP contribution < -0.4 is 15.0 Å². The third-order valence-corrected chi connectivity index (χ3v) is 6.22. The Hall–Kier alpha value is -3.49. The monoisotopic (exact) mass is 492 g/mol. The number of thioether (sulfide) groups is 1. The molecule has 172 valence electrons. The van der Waals surface area contributed by atoms with E-state index < -0.39 is 0 Å². The maximum absolute atomic E-state index is 13.1. The summed E-state index contributed by atoms with van der Waals surface area (Å²) in [5.74, 6) is -0.234. The molecule has 0 aliphatic carbocycles. The van der Waals surface area contributed by atoms with Crippen LogP contribution in [-0.4, -0.2) is 22.7 Å². The van der Waals surface area contributed by atoms with E-state index in [1.54, 1.807) is 30.3 Å². The summed E-state index contributed by atoms with van der Waals surface area (Å²) in [6.45, 7) is 2.70. The van der Waals surface area contributed by atoms with Crippen LogP contribution in [0.4, 0.5) is 15.8 Å². The number of nitrogens with one attached hydrogen (secondary N) is 1. The molecule has 0 unspecified atom stereocenters. The molecule has 3 aromatic rings. The lowest BCUT2D eigenvalue weighted by Gasteiger charge is -2.15. The van der Waals surface area contributed by atoms with Crippen LogP contribution in [0, 0.1) is 5.82 Å². The lowest BCUT2D eigenvalue weighted by molar-refractivity contribution is -0.113. The summed E-state index contributed by atoms with van der Waals surface area (Å²) < 4.78 is 19.1. The van der Waals surface area contributed by atoms with E-state index in [0.29, 0.717) is 32.8 Å². The summed E-state index contributed by atoms with van der Waals surface area (Å²) in [4.78, 5) is 27.7. The van der Waals surface area contributed by atoms with Gasteiger partial charge in [0.1, 0.15) is 11.6 Å². The Balaban J connectivity index is 1.50. The number of amides is 2. The largest absolute Gasteiger partial charge is 0.494 e. The SMILES string of the molecule is CCCOc1ccc(/C=C2/SC(=S)N(c3cccc(C(=O)Nc4ccc(F)cc4)c3)C2=O)cc1. The van der Waals surface area contributed by atoms with Gasteiger partial charge in [-0.3, -0.25) is 14.5 Å². The topological polar surface area (TPSA) is 58.6 Å². The van der Waals surface area contributed by atoms with Crippen LogP contribution in [0.5, 0.6) is 5.75 Å². The zero-order valence-electron chi connectivity index (χ0n) is 18.3. The molecule has 4 rings (SSSR count). The van der Waals surface area contributed by atoms with Gasteiger partial charge in [-0.15, -0.1) is 0 Å². The van der Waals surface area contributed by atoms with E-state index in [9.17, 15) is 14.0 Å². The highest BCUT2D eigenvalue weighted by atomic mass is 32.2. The minimum Gasteiger partial charge on any atom is -0.494 e. The van der Waals surface area contributed by atoms with Crippen molar-refractivity contribution in [3.63, 3.8) is 0 Å². The first-order valence-corrected chi connectivity index (χ1v) is 11.8. The van der Waals surface area contributed by atoms with Crippen molar-refractivity contribution in [2.45, 2.75) is 13.3 Å². The molecule has 8 heteroatoms. The molecule has 2 amide bonds. The van der Waals surface area contributed by atoms with E-state index in [-0.39, 0.29) is 17.6 Å². The minimum atomic E-state index is -0.386. The van der Waals surface area contributed by atoms with Gasteiger partial charge in [-0.25, -0.2) is 4.39 Å². The van der Waals surface area contributed by atoms with E-state index in [0.717, 1.165) is 17.7 Å². The number of benzene rings is 3. The van der Waals surface area contributed by atoms with Gasteiger partial charge in [0.2, 0.25) is 0 Å². The van der Waals surface area contributed by atoms with Crippen molar-refractivity contribution < 1.29 is 18.7 Å². The second-order valence-corrected chi connectivity index (χ2v) is 9.12. The highest BCUT2D eigenvalue weighted by molar-refractivity contribution is 8.27. The molecule has 0 spiro atoms. The van der Waals surface area contributed by atoms with Gasteiger partial charge < -0.3 is 10.1 Å². The van der Waals surface area contributed by atoms with Crippen LogP contribution in [0.15, 0.2) is 77.7 Å². The number of rotatable bonds is 7. The molecule has 5 nitrogen and oxygen atoms in total. The predicted molar refractivity (Wildman–Crippen MR) is 139 cm³/mol. The van der Waals surface area contributed by atoms with E-state index >= 15 is 0 Å². The molecule has 0 saturated carbocycles. The van der Waals surface area contributed by atoms with Gasteiger partial charge in [0, 0.05) is 11.3 Å². The zero-order chi connectivity index (χ0) is 24.1. The fraction of sp³-hybridized carbons (Fsp3) is 0.115. The molecule has 1 aliphatic rings. The normalized spacial score (nSPS) is 14.5. The van der Waals surface area contributed by atoms with Gasteiger partial charge in [-0.05, 0) is 72.7 Å². The Morgan fingerprint density at radius 2 is 1.85 bits per heavy atom. The lowest BCUT2D eigenvalue weighted by Crippen LogP contribution is -2.27. The Morgan fingerprint density at radius 1 is 1.12 bits per heavy atom. The van der Waals surface area contributed by atoms with Crippen LogP contribution in [0.2, 0.25) is 0 Å².